The van der Waals surface area contributed by atoms with Crippen LogP contribution in [0.15, 0.2) is 12.1 Å². The molecule has 1 aromatic carbocycles. The first-order valence-electron chi connectivity index (χ1n) is 7.07. The van der Waals surface area contributed by atoms with E-state index in [2.05, 4.69) is 5.32 Å². The fraction of sp³-hybridized carbons (Fsp3) is 0.500. The van der Waals surface area contributed by atoms with Gasteiger partial charge < -0.3 is 15.2 Å². The molecular weight excluding hydrogens is 270 g/mol. The molecule has 116 valence electrons. The second-order valence-electron chi connectivity index (χ2n) is 5.36. The summed E-state index contributed by atoms with van der Waals surface area (Å²) in [5, 5.41) is 11.9. The van der Waals surface area contributed by atoms with Gasteiger partial charge in [-0.05, 0) is 51.3 Å². The lowest BCUT2D eigenvalue weighted by Gasteiger charge is -2.12. The van der Waals surface area contributed by atoms with E-state index < -0.39 is 5.97 Å². The van der Waals surface area contributed by atoms with Gasteiger partial charge in [0.1, 0.15) is 0 Å². The molecule has 21 heavy (non-hydrogen) atoms. The minimum atomic E-state index is -0.992. The zero-order chi connectivity index (χ0) is 16.0. The van der Waals surface area contributed by atoms with Gasteiger partial charge in [-0.2, -0.15) is 0 Å². The second kappa shape index (κ2) is 7.78. The fourth-order valence-electron chi connectivity index (χ4n) is 1.98. The second-order valence-corrected chi connectivity index (χ2v) is 5.36. The van der Waals surface area contributed by atoms with Crippen LogP contribution in [0.2, 0.25) is 0 Å². The minimum Gasteiger partial charge on any atom is -0.478 e. The van der Waals surface area contributed by atoms with E-state index in [0.29, 0.717) is 30.7 Å². The normalized spacial score (nSPS) is 10.7. The highest BCUT2D eigenvalue weighted by Crippen LogP contribution is 2.21. The summed E-state index contributed by atoms with van der Waals surface area (Å²) in [7, 11) is 0. The summed E-state index contributed by atoms with van der Waals surface area (Å²) in [4.78, 5) is 23.0. The number of benzene rings is 1. The van der Waals surface area contributed by atoms with Gasteiger partial charge in [0.2, 0.25) is 5.91 Å². The number of rotatable bonds is 7. The number of carbonyl (C=O) groups excluding carboxylic acids is 1. The van der Waals surface area contributed by atoms with E-state index in [-0.39, 0.29) is 17.6 Å². The standard InChI is InChI=1S/C16H23NO4/c1-10(2)21-7-5-6-15(18)17-14-9-13(16(19)20)11(3)8-12(14)4/h8-10H,5-7H2,1-4H3,(H,17,18)(H,19,20). The lowest BCUT2D eigenvalue weighted by atomic mass is 10.0. The molecule has 0 atom stereocenters. The maximum absolute atomic E-state index is 11.9. The van der Waals surface area contributed by atoms with Crippen molar-refractivity contribution in [3.8, 4) is 0 Å². The zero-order valence-electron chi connectivity index (χ0n) is 13.0. The third-order valence-electron chi connectivity index (χ3n) is 3.08. The third kappa shape index (κ3) is 5.55. The highest BCUT2D eigenvalue weighted by molar-refractivity contribution is 5.95. The molecule has 0 spiro atoms. The number of aromatic carboxylic acids is 1. The first-order valence-corrected chi connectivity index (χ1v) is 7.07. The Bertz CT molecular complexity index is 523. The SMILES string of the molecule is Cc1cc(C)c(C(=O)O)cc1NC(=O)CCCOC(C)C. The first kappa shape index (κ1) is 17.2. The van der Waals surface area contributed by atoms with Crippen molar-refractivity contribution in [2.45, 2.75) is 46.6 Å². The van der Waals surface area contributed by atoms with Crippen molar-refractivity contribution >= 4 is 17.6 Å². The van der Waals surface area contributed by atoms with Crippen molar-refractivity contribution in [3.63, 3.8) is 0 Å². The topological polar surface area (TPSA) is 75.6 Å². The Morgan fingerprint density at radius 1 is 1.24 bits per heavy atom. The number of nitrogens with one attached hydrogen (secondary N) is 1. The molecule has 0 aliphatic carbocycles. The van der Waals surface area contributed by atoms with E-state index >= 15 is 0 Å². The monoisotopic (exact) mass is 293 g/mol. The molecule has 0 aliphatic rings. The highest BCUT2D eigenvalue weighted by atomic mass is 16.5. The summed E-state index contributed by atoms with van der Waals surface area (Å²) in [6.45, 7) is 8.02. The van der Waals surface area contributed by atoms with E-state index in [1.165, 1.54) is 6.07 Å². The van der Waals surface area contributed by atoms with Crippen LogP contribution in [0.3, 0.4) is 0 Å². The van der Waals surface area contributed by atoms with Gasteiger partial charge >= 0.3 is 5.97 Å². The van der Waals surface area contributed by atoms with Crippen molar-refractivity contribution in [2.75, 3.05) is 11.9 Å². The van der Waals surface area contributed by atoms with Crippen molar-refractivity contribution in [3.05, 3.63) is 28.8 Å². The van der Waals surface area contributed by atoms with Crippen LogP contribution in [-0.4, -0.2) is 29.7 Å². The summed E-state index contributed by atoms with van der Waals surface area (Å²) >= 11 is 0. The van der Waals surface area contributed by atoms with Gasteiger partial charge in [0, 0.05) is 18.7 Å². The van der Waals surface area contributed by atoms with Crippen LogP contribution < -0.4 is 5.32 Å². The van der Waals surface area contributed by atoms with Crippen LogP contribution in [0, 0.1) is 13.8 Å². The van der Waals surface area contributed by atoms with Gasteiger partial charge in [0.15, 0.2) is 0 Å². The quantitative estimate of drug-likeness (QED) is 0.757. The summed E-state index contributed by atoms with van der Waals surface area (Å²) in [6.07, 6.45) is 1.15. The largest absolute Gasteiger partial charge is 0.478 e. The molecule has 0 unspecified atom stereocenters. The van der Waals surface area contributed by atoms with Crippen molar-refractivity contribution in [2.24, 2.45) is 0 Å². The fourth-order valence-corrected chi connectivity index (χ4v) is 1.98. The third-order valence-corrected chi connectivity index (χ3v) is 3.08. The zero-order valence-corrected chi connectivity index (χ0v) is 13.0. The number of hydrogen-bond donors (Lipinski definition) is 2. The average molecular weight is 293 g/mol. The molecule has 5 nitrogen and oxygen atoms in total. The molecule has 1 rings (SSSR count). The molecule has 0 aliphatic heterocycles. The van der Waals surface area contributed by atoms with Crippen LogP contribution in [0.1, 0.15) is 48.2 Å². The van der Waals surface area contributed by atoms with Gasteiger partial charge in [0.05, 0.1) is 11.7 Å². The minimum absolute atomic E-state index is 0.134. The molecule has 2 N–H and O–H groups in total. The molecule has 0 aromatic heterocycles. The summed E-state index contributed by atoms with van der Waals surface area (Å²) < 4.78 is 5.37. The van der Waals surface area contributed by atoms with E-state index in [1.54, 1.807) is 13.0 Å². The Labute approximate surface area is 125 Å². The van der Waals surface area contributed by atoms with E-state index in [1.807, 2.05) is 20.8 Å². The van der Waals surface area contributed by atoms with Crippen molar-refractivity contribution in [1.82, 2.24) is 0 Å². The van der Waals surface area contributed by atoms with Crippen LogP contribution in [0.5, 0.6) is 0 Å². The van der Waals surface area contributed by atoms with Gasteiger partial charge in [-0.1, -0.05) is 6.07 Å². The number of hydrogen-bond acceptors (Lipinski definition) is 3. The number of amides is 1. The molecular formula is C16H23NO4. The number of carboxylic acids is 1. The predicted molar refractivity (Wildman–Crippen MR) is 81.8 cm³/mol. The van der Waals surface area contributed by atoms with E-state index in [9.17, 15) is 9.59 Å². The Kier molecular flexibility index (Phi) is 6.37. The molecule has 1 aromatic rings. The van der Waals surface area contributed by atoms with Crippen LogP contribution >= 0.6 is 0 Å². The molecule has 0 saturated carbocycles. The Hall–Kier alpha value is -1.88. The Morgan fingerprint density at radius 3 is 2.48 bits per heavy atom. The first-order chi connectivity index (χ1) is 9.81. The van der Waals surface area contributed by atoms with Crippen LogP contribution in [0.25, 0.3) is 0 Å². The Balaban J connectivity index is 2.63. The lowest BCUT2D eigenvalue weighted by Crippen LogP contribution is -2.15. The average Bonchev–Trinajstić information content (AvgIpc) is 2.37. The van der Waals surface area contributed by atoms with Gasteiger partial charge in [-0.25, -0.2) is 4.79 Å². The number of anilines is 1. The molecule has 5 heteroatoms. The van der Waals surface area contributed by atoms with Crippen molar-refractivity contribution < 1.29 is 19.4 Å². The molecule has 0 saturated heterocycles. The summed E-state index contributed by atoms with van der Waals surface area (Å²) in [5.41, 5.74) is 2.29. The molecule has 0 bridgehead atoms. The maximum atomic E-state index is 11.9. The lowest BCUT2D eigenvalue weighted by molar-refractivity contribution is -0.116. The molecule has 0 heterocycles. The summed E-state index contributed by atoms with van der Waals surface area (Å²) in [5.74, 6) is -1.13. The predicted octanol–water partition coefficient (Wildman–Crippen LogP) is 3.15. The number of carboxylic acid groups (broad SMARTS) is 1. The number of ether oxygens (including phenoxy) is 1. The number of carbonyl (C=O) groups is 2. The van der Waals surface area contributed by atoms with Crippen LogP contribution in [0.4, 0.5) is 5.69 Å². The Morgan fingerprint density at radius 2 is 1.90 bits per heavy atom. The van der Waals surface area contributed by atoms with Crippen LogP contribution in [-0.2, 0) is 9.53 Å². The highest BCUT2D eigenvalue weighted by Gasteiger charge is 2.12. The molecule has 0 radical (unpaired) electrons. The van der Waals surface area contributed by atoms with Crippen molar-refractivity contribution in [1.29, 1.82) is 0 Å². The smallest absolute Gasteiger partial charge is 0.336 e. The molecule has 0 fully saturated rings. The maximum Gasteiger partial charge on any atom is 0.336 e. The van der Waals surface area contributed by atoms with Gasteiger partial charge in [-0.15, -0.1) is 0 Å². The van der Waals surface area contributed by atoms with Gasteiger partial charge in [0.25, 0.3) is 0 Å². The summed E-state index contributed by atoms with van der Waals surface area (Å²) in [6, 6.07) is 3.27. The number of aryl methyl sites for hydroxylation is 2. The van der Waals surface area contributed by atoms with E-state index in [4.69, 9.17) is 9.84 Å². The van der Waals surface area contributed by atoms with E-state index in [0.717, 1.165) is 5.56 Å². The molecule has 1 amide bonds. The van der Waals surface area contributed by atoms with Gasteiger partial charge in [-0.3, -0.25) is 4.79 Å².